The van der Waals surface area contributed by atoms with Gasteiger partial charge in [0, 0.05) is 6.42 Å². The van der Waals surface area contributed by atoms with Crippen molar-refractivity contribution in [1.29, 1.82) is 5.53 Å². The van der Waals surface area contributed by atoms with Crippen LogP contribution in [0.5, 0.6) is 0 Å². The first-order chi connectivity index (χ1) is 8.13. The summed E-state index contributed by atoms with van der Waals surface area (Å²) in [6, 6.07) is 8.11. The minimum Gasteiger partial charge on any atom is -0.465 e. The average Bonchev–Trinajstić information content (AvgIpc) is 2.29. The summed E-state index contributed by atoms with van der Waals surface area (Å²) >= 11 is 0. The first-order valence-electron chi connectivity index (χ1n) is 4.90. The van der Waals surface area contributed by atoms with Crippen molar-refractivity contribution in [2.24, 2.45) is 0 Å². The number of benzene rings is 1. The first kappa shape index (κ1) is 12.6. The molecule has 6 nitrogen and oxygen atoms in total. The van der Waals surface area contributed by atoms with E-state index in [1.54, 1.807) is 24.3 Å². The van der Waals surface area contributed by atoms with Gasteiger partial charge in [0.25, 0.3) is 5.78 Å². The monoisotopic (exact) mass is 234 g/mol. The topological polar surface area (TPSA) is 104 Å². The van der Waals surface area contributed by atoms with Gasteiger partial charge in [0.15, 0.2) is 0 Å². The summed E-state index contributed by atoms with van der Waals surface area (Å²) in [7, 11) is 0. The van der Waals surface area contributed by atoms with Gasteiger partial charge in [0.2, 0.25) is 0 Å². The van der Waals surface area contributed by atoms with E-state index in [0.29, 0.717) is 0 Å². The molecule has 1 aromatic carbocycles. The van der Waals surface area contributed by atoms with E-state index in [2.05, 4.69) is 10.1 Å². The third-order valence-corrected chi connectivity index (χ3v) is 2.12. The number of carbonyl (C=O) groups is 2. The van der Waals surface area contributed by atoms with Crippen LogP contribution in [0.25, 0.3) is 0 Å². The summed E-state index contributed by atoms with van der Waals surface area (Å²) in [5, 5.41) is 10.7. The Hall–Kier alpha value is -2.46. The Labute approximate surface area is 97.5 Å². The number of rotatable bonds is 5. The molecule has 0 bridgehead atoms. The second-order valence-corrected chi connectivity index (χ2v) is 3.35. The highest BCUT2D eigenvalue weighted by Gasteiger charge is 2.22. The van der Waals surface area contributed by atoms with Crippen molar-refractivity contribution in [3.8, 4) is 0 Å². The summed E-state index contributed by atoms with van der Waals surface area (Å²) in [5.41, 5.74) is 7.39. The zero-order chi connectivity index (χ0) is 12.7. The van der Waals surface area contributed by atoms with Crippen LogP contribution in [-0.2, 0) is 11.2 Å². The summed E-state index contributed by atoms with van der Waals surface area (Å²) in [6.07, 6.45) is -0.251. The van der Waals surface area contributed by atoms with E-state index in [-0.39, 0.29) is 6.42 Å². The predicted molar refractivity (Wildman–Crippen MR) is 59.1 cm³/mol. The largest absolute Gasteiger partial charge is 0.465 e. The van der Waals surface area contributed by atoms with Gasteiger partial charge in [-0.2, -0.15) is 0 Å². The molecule has 0 aromatic heterocycles. The van der Waals surface area contributed by atoms with Gasteiger partial charge in [-0.1, -0.05) is 30.3 Å². The van der Waals surface area contributed by atoms with Crippen LogP contribution in [0.15, 0.2) is 30.3 Å². The number of amides is 1. The van der Waals surface area contributed by atoms with Crippen LogP contribution in [0.1, 0.15) is 5.56 Å². The van der Waals surface area contributed by atoms with Crippen molar-refractivity contribution in [2.75, 3.05) is 0 Å². The maximum atomic E-state index is 11.5. The van der Waals surface area contributed by atoms with Crippen molar-refractivity contribution in [1.82, 2.24) is 5.32 Å². The highest BCUT2D eigenvalue weighted by molar-refractivity contribution is 6.28. The number of Topliss-reactive ketones (excluding diaryl/α,β-unsaturated/α-hetero) is 1. The second-order valence-electron chi connectivity index (χ2n) is 3.35. The number of nitrogens with one attached hydrogen (secondary N) is 2. The Balaban J connectivity index is 2.80. The molecule has 1 amide bonds. The van der Waals surface area contributed by atoms with Crippen molar-refractivity contribution in [2.45, 2.75) is 12.5 Å². The SMILES string of the molecule is N=[N+]=CC(=O)C(Cc1ccccc1)NC(=O)O. The van der Waals surface area contributed by atoms with Gasteiger partial charge >= 0.3 is 12.3 Å². The lowest BCUT2D eigenvalue weighted by molar-refractivity contribution is -0.132. The van der Waals surface area contributed by atoms with Gasteiger partial charge in [-0.15, -0.1) is 0 Å². The molecule has 0 radical (unpaired) electrons. The molecule has 0 aliphatic rings. The molecule has 0 spiro atoms. The van der Waals surface area contributed by atoms with Gasteiger partial charge in [-0.3, -0.25) is 4.79 Å². The molecule has 88 valence electrons. The fourth-order valence-electron chi connectivity index (χ4n) is 1.38. The van der Waals surface area contributed by atoms with Crippen molar-refractivity contribution in [3.05, 3.63) is 35.9 Å². The molecule has 17 heavy (non-hydrogen) atoms. The zero-order valence-corrected chi connectivity index (χ0v) is 8.96. The molecule has 0 heterocycles. The van der Waals surface area contributed by atoms with Gasteiger partial charge in [-0.05, 0) is 5.56 Å². The van der Waals surface area contributed by atoms with Gasteiger partial charge in [0.1, 0.15) is 6.04 Å². The molecule has 6 heteroatoms. The van der Waals surface area contributed by atoms with Gasteiger partial charge in [-0.25, -0.2) is 4.79 Å². The number of carbonyl (C=O) groups excluding carboxylic acids is 1. The highest BCUT2D eigenvalue weighted by atomic mass is 16.4. The fourth-order valence-corrected chi connectivity index (χ4v) is 1.38. The molecule has 0 fully saturated rings. The minimum absolute atomic E-state index is 0.234. The third-order valence-electron chi connectivity index (χ3n) is 2.12. The molecular formula is C11H12N3O3+. The number of carboxylic acid groups (broad SMARTS) is 1. The lowest BCUT2D eigenvalue weighted by Crippen LogP contribution is -2.42. The maximum Gasteiger partial charge on any atom is 0.405 e. The normalized spacial score (nSPS) is 11.1. The quantitative estimate of drug-likeness (QED) is 0.397. The van der Waals surface area contributed by atoms with Crippen LogP contribution in [-0.4, -0.2) is 34.0 Å². The van der Waals surface area contributed by atoms with E-state index in [0.717, 1.165) is 11.8 Å². The van der Waals surface area contributed by atoms with E-state index >= 15 is 0 Å². The van der Waals surface area contributed by atoms with Crippen LogP contribution in [0, 0.1) is 5.53 Å². The molecule has 0 aliphatic carbocycles. The Morgan fingerprint density at radius 3 is 2.59 bits per heavy atom. The first-order valence-corrected chi connectivity index (χ1v) is 4.90. The Morgan fingerprint density at radius 1 is 1.41 bits per heavy atom. The maximum absolute atomic E-state index is 11.5. The van der Waals surface area contributed by atoms with Crippen LogP contribution < -0.4 is 5.32 Å². The number of ketones is 1. The Morgan fingerprint density at radius 2 is 2.06 bits per heavy atom. The molecule has 1 unspecified atom stereocenters. The zero-order valence-electron chi connectivity index (χ0n) is 8.96. The van der Waals surface area contributed by atoms with Crippen LogP contribution >= 0.6 is 0 Å². The summed E-state index contributed by atoms with van der Waals surface area (Å²) in [6.45, 7) is 0. The lowest BCUT2D eigenvalue weighted by atomic mass is 10.0. The summed E-state index contributed by atoms with van der Waals surface area (Å²) < 4.78 is 0. The van der Waals surface area contributed by atoms with Gasteiger partial charge < -0.3 is 10.4 Å². The van der Waals surface area contributed by atoms with Crippen LogP contribution in [0.2, 0.25) is 0 Å². The number of hydrogen-bond acceptors (Lipinski definition) is 3. The molecule has 0 aliphatic heterocycles. The van der Waals surface area contributed by atoms with E-state index in [9.17, 15) is 9.59 Å². The summed E-state index contributed by atoms with van der Waals surface area (Å²) in [5.74, 6) is -0.536. The highest BCUT2D eigenvalue weighted by Crippen LogP contribution is 2.03. The van der Waals surface area contributed by atoms with Crippen LogP contribution in [0.4, 0.5) is 4.79 Å². The van der Waals surface area contributed by atoms with Gasteiger partial charge in [0.05, 0.1) is 10.3 Å². The molecule has 3 N–H and O–H groups in total. The second kappa shape index (κ2) is 6.19. The Bertz CT molecular complexity index is 452. The standard InChI is InChI=1S/C11H11N3O3/c12-13-7-10(15)9(14-11(16)17)6-8-4-2-1-3-5-8/h1-5,7,9,12,14H,6H2/p+1. The minimum atomic E-state index is -1.28. The van der Waals surface area contributed by atoms with Crippen molar-refractivity contribution < 1.29 is 19.5 Å². The predicted octanol–water partition coefficient (Wildman–Crippen LogP) is 0.744. The van der Waals surface area contributed by atoms with E-state index < -0.39 is 17.9 Å². The molecule has 0 saturated carbocycles. The molecular weight excluding hydrogens is 222 g/mol. The third kappa shape index (κ3) is 4.27. The smallest absolute Gasteiger partial charge is 0.405 e. The average molecular weight is 234 g/mol. The summed E-state index contributed by atoms with van der Waals surface area (Å²) in [4.78, 5) is 24.9. The van der Waals surface area contributed by atoms with E-state index in [1.165, 1.54) is 0 Å². The number of nitrogens with zero attached hydrogens (tertiary/aromatic N) is 1. The molecule has 1 atom stereocenters. The van der Waals surface area contributed by atoms with Crippen LogP contribution in [0.3, 0.4) is 0 Å². The Kier molecular flexibility index (Phi) is 4.59. The molecule has 0 saturated heterocycles. The molecule has 1 rings (SSSR count). The van der Waals surface area contributed by atoms with Crippen molar-refractivity contribution in [3.63, 3.8) is 0 Å². The molecule has 1 aromatic rings. The lowest BCUT2D eigenvalue weighted by Gasteiger charge is -2.11. The van der Waals surface area contributed by atoms with E-state index in [1.807, 2.05) is 6.07 Å². The fraction of sp³-hybridized carbons (Fsp3) is 0.182. The van der Waals surface area contributed by atoms with Crippen molar-refractivity contribution >= 4 is 18.1 Å². The van der Waals surface area contributed by atoms with E-state index in [4.69, 9.17) is 10.6 Å². The number of hydrogen-bond donors (Lipinski definition) is 3.